The second-order valence-corrected chi connectivity index (χ2v) is 3.90. The molecule has 0 aliphatic carbocycles. The van der Waals surface area contributed by atoms with E-state index in [0.717, 1.165) is 0 Å². The summed E-state index contributed by atoms with van der Waals surface area (Å²) in [5.41, 5.74) is -0.234. The summed E-state index contributed by atoms with van der Waals surface area (Å²) < 4.78 is 0. The molecule has 0 radical (unpaired) electrons. The fourth-order valence-corrected chi connectivity index (χ4v) is 0.874. The van der Waals surface area contributed by atoms with Gasteiger partial charge in [0, 0.05) is 6.20 Å². The maximum absolute atomic E-state index is 9.48. The Morgan fingerprint density at radius 2 is 2.27 bits per heavy atom. The molecule has 0 fully saturated rings. The third-order valence-corrected chi connectivity index (χ3v) is 2.25. The van der Waals surface area contributed by atoms with Gasteiger partial charge in [0.15, 0.2) is 0 Å². The Balaban J connectivity index is 2.86. The van der Waals surface area contributed by atoms with Crippen LogP contribution in [-0.4, -0.2) is 26.7 Å². The molecule has 1 aromatic heterocycles. The molecular formula is C10H14N4O. The van der Waals surface area contributed by atoms with Crippen molar-refractivity contribution in [1.29, 1.82) is 5.26 Å². The molecule has 1 aromatic rings. The number of nitrogens with zero attached hydrogens (tertiary/aromatic N) is 3. The highest BCUT2D eigenvalue weighted by Crippen LogP contribution is 2.14. The molecular weight excluding hydrogens is 192 g/mol. The van der Waals surface area contributed by atoms with Crippen molar-refractivity contribution < 1.29 is 5.11 Å². The van der Waals surface area contributed by atoms with E-state index in [4.69, 9.17) is 5.26 Å². The molecule has 0 saturated heterocycles. The van der Waals surface area contributed by atoms with Crippen LogP contribution in [0.1, 0.15) is 26.5 Å². The lowest BCUT2D eigenvalue weighted by molar-refractivity contribution is 0.132. The van der Waals surface area contributed by atoms with Gasteiger partial charge < -0.3 is 10.4 Å². The summed E-state index contributed by atoms with van der Waals surface area (Å²) in [6.45, 7) is 5.35. The van der Waals surface area contributed by atoms with Crippen LogP contribution in [-0.2, 0) is 0 Å². The minimum atomic E-state index is -0.549. The van der Waals surface area contributed by atoms with Crippen LogP contribution in [0.15, 0.2) is 12.3 Å². The summed E-state index contributed by atoms with van der Waals surface area (Å²) in [6.07, 6.45) is 0.957. The van der Waals surface area contributed by atoms with Crippen LogP contribution < -0.4 is 5.32 Å². The van der Waals surface area contributed by atoms with Crippen molar-refractivity contribution >= 4 is 5.95 Å². The average molecular weight is 206 g/mol. The van der Waals surface area contributed by atoms with E-state index in [2.05, 4.69) is 15.3 Å². The fraction of sp³-hybridized carbons (Fsp3) is 0.500. The van der Waals surface area contributed by atoms with E-state index in [9.17, 15) is 5.11 Å². The summed E-state index contributed by atoms with van der Waals surface area (Å²) in [7, 11) is 0. The van der Waals surface area contributed by atoms with Gasteiger partial charge in [-0.3, -0.25) is 0 Å². The molecule has 5 nitrogen and oxygen atoms in total. The summed E-state index contributed by atoms with van der Waals surface area (Å²) >= 11 is 0. The van der Waals surface area contributed by atoms with E-state index in [0.29, 0.717) is 11.6 Å². The largest absolute Gasteiger partial charge is 0.391 e. The van der Waals surface area contributed by atoms with Gasteiger partial charge in [0.05, 0.1) is 11.6 Å². The molecule has 1 atom stereocenters. The number of hydrogen-bond donors (Lipinski definition) is 2. The number of nitrogens with one attached hydrogen (secondary N) is 1. The van der Waals surface area contributed by atoms with E-state index < -0.39 is 11.6 Å². The Morgan fingerprint density at radius 3 is 2.80 bits per heavy atom. The van der Waals surface area contributed by atoms with Crippen LogP contribution in [0.4, 0.5) is 5.95 Å². The second-order valence-electron chi connectivity index (χ2n) is 3.90. The number of hydrogen-bond acceptors (Lipinski definition) is 5. The third-order valence-electron chi connectivity index (χ3n) is 2.25. The van der Waals surface area contributed by atoms with Crippen molar-refractivity contribution in [3.63, 3.8) is 0 Å². The molecule has 1 unspecified atom stereocenters. The smallest absolute Gasteiger partial charge is 0.224 e. The zero-order valence-corrected chi connectivity index (χ0v) is 9.02. The molecule has 0 aliphatic rings. The topological polar surface area (TPSA) is 81.8 Å². The van der Waals surface area contributed by atoms with E-state index in [1.807, 2.05) is 19.9 Å². The molecule has 15 heavy (non-hydrogen) atoms. The Hall–Kier alpha value is -1.67. The van der Waals surface area contributed by atoms with Crippen molar-refractivity contribution in [3.8, 4) is 6.07 Å². The zero-order chi connectivity index (χ0) is 11.5. The normalized spacial score (nSPS) is 13.0. The molecule has 0 amide bonds. The number of aliphatic hydroxyl groups excluding tert-OH is 1. The van der Waals surface area contributed by atoms with Crippen LogP contribution in [0.2, 0.25) is 0 Å². The van der Waals surface area contributed by atoms with Crippen molar-refractivity contribution in [1.82, 2.24) is 9.97 Å². The minimum Gasteiger partial charge on any atom is -0.391 e. The van der Waals surface area contributed by atoms with E-state index in [-0.39, 0.29) is 0 Å². The van der Waals surface area contributed by atoms with Crippen LogP contribution in [0.25, 0.3) is 0 Å². The molecule has 1 heterocycles. The van der Waals surface area contributed by atoms with Crippen molar-refractivity contribution in [3.05, 3.63) is 18.0 Å². The number of anilines is 1. The van der Waals surface area contributed by atoms with Gasteiger partial charge in [-0.15, -0.1) is 0 Å². The highest BCUT2D eigenvalue weighted by Gasteiger charge is 2.24. The van der Waals surface area contributed by atoms with Gasteiger partial charge in [0.25, 0.3) is 0 Å². The highest BCUT2D eigenvalue weighted by molar-refractivity contribution is 5.33. The van der Waals surface area contributed by atoms with Gasteiger partial charge >= 0.3 is 0 Å². The molecule has 0 aliphatic heterocycles. The molecule has 2 N–H and O–H groups in total. The maximum Gasteiger partial charge on any atom is 0.224 e. The average Bonchev–Trinajstić information content (AvgIpc) is 2.17. The zero-order valence-electron chi connectivity index (χ0n) is 9.02. The molecule has 1 rings (SSSR count). The number of aromatic nitrogens is 2. The van der Waals surface area contributed by atoms with Gasteiger partial charge in [-0.05, 0) is 26.8 Å². The van der Waals surface area contributed by atoms with E-state index in [1.165, 1.54) is 12.3 Å². The lowest BCUT2D eigenvalue weighted by Gasteiger charge is -2.29. The first-order valence-electron chi connectivity index (χ1n) is 4.65. The molecule has 80 valence electrons. The SMILES string of the molecule is CC(O)C(C)(C)Nc1nccc(C#N)n1. The van der Waals surface area contributed by atoms with Gasteiger partial charge in [-0.25, -0.2) is 9.97 Å². The fourth-order valence-electron chi connectivity index (χ4n) is 0.874. The summed E-state index contributed by atoms with van der Waals surface area (Å²) in [4.78, 5) is 7.93. The lowest BCUT2D eigenvalue weighted by Crippen LogP contribution is -2.42. The van der Waals surface area contributed by atoms with Crippen molar-refractivity contribution in [2.75, 3.05) is 5.32 Å². The van der Waals surface area contributed by atoms with E-state index >= 15 is 0 Å². The van der Waals surface area contributed by atoms with Crippen LogP contribution in [0.3, 0.4) is 0 Å². The van der Waals surface area contributed by atoms with Gasteiger partial charge in [0.1, 0.15) is 11.8 Å². The Bertz CT molecular complexity index is 381. The Labute approximate surface area is 88.8 Å². The van der Waals surface area contributed by atoms with Gasteiger partial charge in [-0.2, -0.15) is 5.26 Å². The predicted octanol–water partition coefficient (Wildman–Crippen LogP) is 0.920. The molecule has 0 saturated carbocycles. The first-order chi connectivity index (χ1) is 6.95. The van der Waals surface area contributed by atoms with Crippen molar-refractivity contribution in [2.24, 2.45) is 0 Å². The standard InChI is InChI=1S/C10H14N4O/c1-7(15)10(2,3)14-9-12-5-4-8(6-11)13-9/h4-5,7,15H,1-3H3,(H,12,13,14). The molecule has 0 spiro atoms. The first kappa shape index (κ1) is 11.4. The van der Waals surface area contributed by atoms with Crippen LogP contribution in [0.5, 0.6) is 0 Å². The van der Waals surface area contributed by atoms with Crippen LogP contribution in [0, 0.1) is 11.3 Å². The number of aliphatic hydroxyl groups is 1. The maximum atomic E-state index is 9.48. The summed E-state index contributed by atoms with van der Waals surface area (Å²) in [5.74, 6) is 0.347. The third kappa shape index (κ3) is 2.89. The first-order valence-corrected chi connectivity index (χ1v) is 4.65. The van der Waals surface area contributed by atoms with Gasteiger partial charge in [-0.1, -0.05) is 0 Å². The molecule has 0 bridgehead atoms. The summed E-state index contributed by atoms with van der Waals surface area (Å²) in [6, 6.07) is 3.46. The minimum absolute atomic E-state index is 0.300. The second kappa shape index (κ2) is 4.24. The summed E-state index contributed by atoms with van der Waals surface area (Å²) in [5, 5.41) is 21.1. The highest BCUT2D eigenvalue weighted by atomic mass is 16.3. The quantitative estimate of drug-likeness (QED) is 0.768. The van der Waals surface area contributed by atoms with E-state index in [1.54, 1.807) is 6.92 Å². The van der Waals surface area contributed by atoms with Crippen molar-refractivity contribution in [2.45, 2.75) is 32.4 Å². The van der Waals surface area contributed by atoms with Crippen LogP contribution >= 0.6 is 0 Å². The molecule has 0 aromatic carbocycles. The Kier molecular flexibility index (Phi) is 3.22. The number of rotatable bonds is 3. The number of nitriles is 1. The van der Waals surface area contributed by atoms with Gasteiger partial charge in [0.2, 0.25) is 5.95 Å². The molecule has 5 heteroatoms. The monoisotopic (exact) mass is 206 g/mol. The predicted molar refractivity (Wildman–Crippen MR) is 56.1 cm³/mol. The Morgan fingerprint density at radius 1 is 1.60 bits per heavy atom. The lowest BCUT2D eigenvalue weighted by atomic mass is 9.99.